The Bertz CT molecular complexity index is 992. The average molecular weight is 398 g/mol. The zero-order valence-electron chi connectivity index (χ0n) is 15.1. The van der Waals surface area contributed by atoms with Crippen molar-refractivity contribution >= 4 is 40.9 Å². The van der Waals surface area contributed by atoms with Gasteiger partial charge in [-0.25, -0.2) is 4.79 Å². The number of rotatable bonds is 5. The lowest BCUT2D eigenvalue weighted by Gasteiger charge is -2.29. The minimum atomic E-state index is -1.09. The number of para-hydroxylation sites is 1. The van der Waals surface area contributed by atoms with Gasteiger partial charge in [0.05, 0.1) is 17.9 Å². The van der Waals surface area contributed by atoms with E-state index in [2.05, 4.69) is 5.32 Å². The molecule has 2 aliphatic rings. The molecular weight excluding hydrogens is 380 g/mol. The summed E-state index contributed by atoms with van der Waals surface area (Å²) in [6.45, 7) is 0.222. The van der Waals surface area contributed by atoms with E-state index in [0.717, 1.165) is 10.6 Å². The van der Waals surface area contributed by atoms with Crippen LogP contribution in [-0.2, 0) is 20.9 Å². The second-order valence-electron chi connectivity index (χ2n) is 6.69. The highest BCUT2D eigenvalue weighted by Crippen LogP contribution is 2.56. The number of nitrogens with zero attached hydrogens (tertiary/aromatic N) is 1. The number of carboxylic acid groups (broad SMARTS) is 1. The summed E-state index contributed by atoms with van der Waals surface area (Å²) in [6.07, 6.45) is 0.680. The number of amides is 2. The van der Waals surface area contributed by atoms with Gasteiger partial charge >= 0.3 is 5.97 Å². The topological polar surface area (TPSA) is 95.9 Å². The molecule has 1 unspecified atom stereocenters. The number of carbonyl (C=O) groups is 3. The lowest BCUT2D eigenvalue weighted by molar-refractivity contribution is -0.121. The fourth-order valence-electron chi connectivity index (χ4n) is 3.66. The Kier molecular flexibility index (Phi) is 4.60. The molecule has 0 bridgehead atoms. The number of carboxylic acids is 1. The van der Waals surface area contributed by atoms with Crippen LogP contribution < -0.4 is 10.2 Å². The number of nitrogens with one attached hydrogen (secondary N) is 1. The van der Waals surface area contributed by atoms with Gasteiger partial charge in [0, 0.05) is 24.1 Å². The van der Waals surface area contributed by atoms with Crippen LogP contribution in [0, 0.1) is 0 Å². The minimum Gasteiger partial charge on any atom is -0.478 e. The van der Waals surface area contributed by atoms with Crippen LogP contribution in [0.4, 0.5) is 11.4 Å². The molecule has 1 fully saturated rings. The number of thioether (sulfide) groups is 1. The Balaban J connectivity index is 1.67. The Morgan fingerprint density at radius 1 is 1.29 bits per heavy atom. The zero-order chi connectivity index (χ0) is 19.9. The fourth-order valence-corrected chi connectivity index (χ4v) is 5.08. The maximum absolute atomic E-state index is 13.3. The highest BCUT2D eigenvalue weighted by Gasteiger charge is 2.57. The van der Waals surface area contributed by atoms with Crippen LogP contribution in [0.2, 0.25) is 0 Å². The molecular formula is C20H18N2O5S. The Morgan fingerprint density at radius 3 is 2.82 bits per heavy atom. The van der Waals surface area contributed by atoms with Crippen molar-refractivity contribution in [3.8, 4) is 0 Å². The van der Waals surface area contributed by atoms with Crippen LogP contribution in [0.25, 0.3) is 0 Å². The second-order valence-corrected chi connectivity index (χ2v) is 8.01. The van der Waals surface area contributed by atoms with Crippen molar-refractivity contribution in [2.24, 2.45) is 0 Å². The van der Waals surface area contributed by atoms with Crippen LogP contribution >= 0.6 is 11.8 Å². The van der Waals surface area contributed by atoms with Crippen LogP contribution in [0.3, 0.4) is 0 Å². The molecule has 8 heteroatoms. The monoisotopic (exact) mass is 398 g/mol. The number of benzene rings is 2. The Hall–Kier alpha value is -2.84. The molecule has 0 saturated carbocycles. The van der Waals surface area contributed by atoms with E-state index in [1.807, 2.05) is 24.3 Å². The van der Waals surface area contributed by atoms with Gasteiger partial charge in [-0.3, -0.25) is 14.5 Å². The SMILES string of the molecule is COCc1cc(NC(=O)C23CCC(=O)N2c2ccccc2S3)cc(C(=O)O)c1. The summed E-state index contributed by atoms with van der Waals surface area (Å²) >= 11 is 1.36. The van der Waals surface area contributed by atoms with Crippen molar-refractivity contribution < 1.29 is 24.2 Å². The maximum Gasteiger partial charge on any atom is 0.335 e. The van der Waals surface area contributed by atoms with Gasteiger partial charge in [0.15, 0.2) is 4.87 Å². The normalized spacial score (nSPS) is 20.0. The van der Waals surface area contributed by atoms with Gasteiger partial charge in [-0.1, -0.05) is 23.9 Å². The lowest BCUT2D eigenvalue weighted by Crippen LogP contribution is -2.49. The molecule has 2 aromatic rings. The second kappa shape index (κ2) is 6.96. The summed E-state index contributed by atoms with van der Waals surface area (Å²) < 4.78 is 5.08. The predicted octanol–water partition coefficient (Wildman–Crippen LogP) is 3.10. The van der Waals surface area contributed by atoms with E-state index in [0.29, 0.717) is 24.1 Å². The van der Waals surface area contributed by atoms with E-state index in [-0.39, 0.29) is 24.0 Å². The molecule has 2 aliphatic heterocycles. The number of aromatic carboxylic acids is 1. The first-order valence-corrected chi connectivity index (χ1v) is 9.55. The molecule has 144 valence electrons. The van der Waals surface area contributed by atoms with Crippen LogP contribution in [0.5, 0.6) is 0 Å². The average Bonchev–Trinajstić information content (AvgIpc) is 3.18. The summed E-state index contributed by atoms with van der Waals surface area (Å²) in [4.78, 5) is 38.6. The summed E-state index contributed by atoms with van der Waals surface area (Å²) in [5.41, 5.74) is 1.80. The number of carbonyl (C=O) groups excluding carboxylic acids is 2. The molecule has 2 heterocycles. The summed E-state index contributed by atoms with van der Waals surface area (Å²) in [5.74, 6) is -1.52. The van der Waals surface area contributed by atoms with E-state index in [1.165, 1.54) is 31.0 Å². The van der Waals surface area contributed by atoms with E-state index < -0.39 is 10.8 Å². The van der Waals surface area contributed by atoms with Crippen molar-refractivity contribution in [2.75, 3.05) is 17.3 Å². The predicted molar refractivity (Wildman–Crippen MR) is 104 cm³/mol. The molecule has 0 aromatic heterocycles. The molecule has 1 saturated heterocycles. The van der Waals surface area contributed by atoms with Crippen LogP contribution in [-0.4, -0.2) is 34.9 Å². The highest BCUT2D eigenvalue weighted by molar-refractivity contribution is 8.02. The third kappa shape index (κ3) is 2.94. The molecule has 7 nitrogen and oxygen atoms in total. The number of methoxy groups -OCH3 is 1. The third-order valence-electron chi connectivity index (χ3n) is 4.84. The van der Waals surface area contributed by atoms with E-state index in [4.69, 9.17) is 4.74 Å². The van der Waals surface area contributed by atoms with Crippen molar-refractivity contribution in [3.63, 3.8) is 0 Å². The summed E-state index contributed by atoms with van der Waals surface area (Å²) in [7, 11) is 1.51. The molecule has 0 aliphatic carbocycles. The quantitative estimate of drug-likeness (QED) is 0.804. The smallest absolute Gasteiger partial charge is 0.335 e. The molecule has 28 heavy (non-hydrogen) atoms. The number of ether oxygens (including phenoxy) is 1. The van der Waals surface area contributed by atoms with Crippen LogP contribution in [0.15, 0.2) is 47.4 Å². The number of fused-ring (bicyclic) bond motifs is 3. The van der Waals surface area contributed by atoms with Gasteiger partial charge in [0.1, 0.15) is 0 Å². The first-order chi connectivity index (χ1) is 13.4. The van der Waals surface area contributed by atoms with Gasteiger partial charge < -0.3 is 15.2 Å². The van der Waals surface area contributed by atoms with Crippen molar-refractivity contribution in [1.82, 2.24) is 0 Å². The fraction of sp³-hybridized carbons (Fsp3) is 0.250. The number of anilines is 2. The van der Waals surface area contributed by atoms with Gasteiger partial charge in [-0.2, -0.15) is 0 Å². The summed E-state index contributed by atoms with van der Waals surface area (Å²) in [5, 5.41) is 12.2. The van der Waals surface area contributed by atoms with Gasteiger partial charge in [0.2, 0.25) is 5.91 Å². The first-order valence-electron chi connectivity index (χ1n) is 8.73. The third-order valence-corrected chi connectivity index (χ3v) is 6.31. The largest absolute Gasteiger partial charge is 0.478 e. The van der Waals surface area contributed by atoms with Crippen molar-refractivity contribution in [1.29, 1.82) is 0 Å². The number of hydrogen-bond donors (Lipinski definition) is 2. The molecule has 1 atom stereocenters. The molecule has 0 spiro atoms. The van der Waals surface area contributed by atoms with Gasteiger partial charge in [-0.05, 0) is 42.3 Å². The zero-order valence-corrected chi connectivity index (χ0v) is 15.9. The van der Waals surface area contributed by atoms with E-state index >= 15 is 0 Å². The highest BCUT2D eigenvalue weighted by atomic mass is 32.2. The van der Waals surface area contributed by atoms with Gasteiger partial charge in [0.25, 0.3) is 5.91 Å². The van der Waals surface area contributed by atoms with Gasteiger partial charge in [-0.15, -0.1) is 0 Å². The Morgan fingerprint density at radius 2 is 2.07 bits per heavy atom. The first kappa shape index (κ1) is 18.5. The Labute approximate surface area is 165 Å². The minimum absolute atomic E-state index is 0.0593. The van der Waals surface area contributed by atoms with E-state index in [9.17, 15) is 19.5 Å². The van der Waals surface area contributed by atoms with Crippen LogP contribution in [0.1, 0.15) is 28.8 Å². The molecule has 2 aromatic carbocycles. The number of hydrogen-bond acceptors (Lipinski definition) is 5. The maximum atomic E-state index is 13.3. The lowest BCUT2D eigenvalue weighted by atomic mass is 10.1. The molecule has 4 rings (SSSR count). The summed E-state index contributed by atoms with van der Waals surface area (Å²) in [6, 6.07) is 12.0. The van der Waals surface area contributed by atoms with E-state index in [1.54, 1.807) is 11.0 Å². The molecule has 0 radical (unpaired) electrons. The molecule has 2 N–H and O–H groups in total. The van der Waals surface area contributed by atoms with Crippen molar-refractivity contribution in [3.05, 3.63) is 53.6 Å². The molecule has 2 amide bonds. The standard InChI is InChI=1S/C20H18N2O5S/c1-27-11-12-8-13(18(24)25)10-14(9-12)21-19(26)20-7-6-17(23)22(20)15-4-2-3-5-16(15)28-20/h2-5,8-10H,6-7,11H2,1H3,(H,21,26)(H,24,25). The van der Waals surface area contributed by atoms with Crippen molar-refractivity contribution in [2.45, 2.75) is 29.2 Å².